The van der Waals surface area contributed by atoms with Gasteiger partial charge in [-0.15, -0.1) is 0 Å². The van der Waals surface area contributed by atoms with Gasteiger partial charge >= 0.3 is 5.97 Å². The Labute approximate surface area is 110 Å². The van der Waals surface area contributed by atoms with Crippen molar-refractivity contribution in [3.05, 3.63) is 23.5 Å². The highest BCUT2D eigenvalue weighted by Crippen LogP contribution is 2.11. The smallest absolute Gasteiger partial charge is 0.307 e. The highest BCUT2D eigenvalue weighted by Gasteiger charge is 2.19. The Morgan fingerprint density at radius 1 is 1.56 bits per heavy atom. The van der Waals surface area contributed by atoms with Gasteiger partial charge in [-0.2, -0.15) is 0 Å². The molecule has 0 fully saturated rings. The van der Waals surface area contributed by atoms with Crippen LogP contribution in [-0.2, 0) is 19.6 Å². The largest absolute Gasteiger partial charge is 0.469 e. The van der Waals surface area contributed by atoms with Crippen LogP contribution in [0.25, 0.3) is 0 Å². The van der Waals surface area contributed by atoms with Gasteiger partial charge in [0.15, 0.2) is 0 Å². The molecule has 0 radical (unpaired) electrons. The summed E-state index contributed by atoms with van der Waals surface area (Å²) in [6.07, 6.45) is 1.10. The Kier molecular flexibility index (Phi) is 5.06. The van der Waals surface area contributed by atoms with Gasteiger partial charge in [0.2, 0.25) is 10.0 Å². The molecule has 0 saturated heterocycles. The molecule has 0 saturated carbocycles. The third-order valence-corrected chi connectivity index (χ3v) is 3.87. The second-order valence-corrected chi connectivity index (χ2v) is 5.72. The number of hydrogen-bond donors (Lipinski definition) is 1. The van der Waals surface area contributed by atoms with Gasteiger partial charge in [-0.05, 0) is 19.1 Å². The zero-order valence-electron chi connectivity index (χ0n) is 9.88. The average molecular weight is 293 g/mol. The van der Waals surface area contributed by atoms with Crippen LogP contribution in [0.5, 0.6) is 0 Å². The van der Waals surface area contributed by atoms with Crippen molar-refractivity contribution in [1.29, 1.82) is 0 Å². The van der Waals surface area contributed by atoms with E-state index < -0.39 is 22.0 Å². The van der Waals surface area contributed by atoms with Gasteiger partial charge in [0.25, 0.3) is 0 Å². The Balaban J connectivity index is 2.76. The van der Waals surface area contributed by atoms with E-state index in [0.29, 0.717) is 0 Å². The summed E-state index contributed by atoms with van der Waals surface area (Å²) in [5.74, 6) is -0.487. The van der Waals surface area contributed by atoms with Crippen molar-refractivity contribution in [2.75, 3.05) is 7.11 Å². The molecular formula is C10H13ClN2O4S. The van der Waals surface area contributed by atoms with Gasteiger partial charge in [-0.1, -0.05) is 11.6 Å². The monoisotopic (exact) mass is 292 g/mol. The summed E-state index contributed by atoms with van der Waals surface area (Å²) in [4.78, 5) is 14.7. The van der Waals surface area contributed by atoms with E-state index >= 15 is 0 Å². The zero-order valence-corrected chi connectivity index (χ0v) is 11.5. The SMILES string of the molecule is COC(=O)CC(C)NS(=O)(=O)c1ccc(Cl)nc1. The van der Waals surface area contributed by atoms with Gasteiger partial charge in [0.1, 0.15) is 10.0 Å². The van der Waals surface area contributed by atoms with Crippen LogP contribution >= 0.6 is 11.6 Å². The van der Waals surface area contributed by atoms with E-state index in [1.807, 2.05) is 0 Å². The van der Waals surface area contributed by atoms with E-state index in [2.05, 4.69) is 14.4 Å². The Bertz CT molecular complexity index is 515. The summed E-state index contributed by atoms with van der Waals surface area (Å²) in [7, 11) is -2.47. The number of nitrogens with zero attached hydrogens (tertiary/aromatic N) is 1. The minimum absolute atomic E-state index is 0.0105. The second-order valence-electron chi connectivity index (χ2n) is 3.62. The van der Waals surface area contributed by atoms with Crippen LogP contribution < -0.4 is 4.72 Å². The molecule has 8 heteroatoms. The van der Waals surface area contributed by atoms with Gasteiger partial charge in [-0.3, -0.25) is 4.79 Å². The lowest BCUT2D eigenvalue weighted by atomic mass is 10.3. The van der Waals surface area contributed by atoms with Gasteiger partial charge < -0.3 is 4.74 Å². The van der Waals surface area contributed by atoms with Gasteiger partial charge in [-0.25, -0.2) is 18.1 Å². The summed E-state index contributed by atoms with van der Waals surface area (Å²) in [6.45, 7) is 1.57. The minimum atomic E-state index is -3.71. The van der Waals surface area contributed by atoms with Crippen LogP contribution in [0, 0.1) is 0 Å². The molecule has 1 aromatic rings. The van der Waals surface area contributed by atoms with Crippen LogP contribution in [0.3, 0.4) is 0 Å². The molecule has 0 aliphatic rings. The predicted octanol–water partition coefficient (Wildman–Crippen LogP) is 0.965. The Morgan fingerprint density at radius 2 is 2.22 bits per heavy atom. The Morgan fingerprint density at radius 3 is 2.72 bits per heavy atom. The number of methoxy groups -OCH3 is 1. The van der Waals surface area contributed by atoms with Crippen molar-refractivity contribution < 1.29 is 17.9 Å². The molecule has 0 amide bonds. The third kappa shape index (κ3) is 4.25. The first kappa shape index (κ1) is 14.9. The number of esters is 1. The summed E-state index contributed by atoms with van der Waals surface area (Å²) >= 11 is 5.57. The average Bonchev–Trinajstić information content (AvgIpc) is 2.28. The van der Waals surface area contributed by atoms with E-state index in [-0.39, 0.29) is 16.5 Å². The molecule has 0 aromatic carbocycles. The number of nitrogens with one attached hydrogen (secondary N) is 1. The summed E-state index contributed by atoms with van der Waals surface area (Å²) < 4.78 is 30.6. The molecule has 6 nitrogen and oxygen atoms in total. The molecule has 1 unspecified atom stereocenters. The standard InChI is InChI=1S/C10H13ClN2O4S/c1-7(5-10(14)17-2)13-18(15,16)8-3-4-9(11)12-6-8/h3-4,6-7,13H,5H2,1-2H3. The second kappa shape index (κ2) is 6.12. The highest BCUT2D eigenvalue weighted by molar-refractivity contribution is 7.89. The zero-order chi connectivity index (χ0) is 13.8. The fourth-order valence-corrected chi connectivity index (χ4v) is 2.53. The molecule has 1 aromatic heterocycles. The maximum absolute atomic E-state index is 11.9. The minimum Gasteiger partial charge on any atom is -0.469 e. The van der Waals surface area contributed by atoms with E-state index in [4.69, 9.17) is 11.6 Å². The number of hydrogen-bond acceptors (Lipinski definition) is 5. The number of halogens is 1. The molecule has 0 spiro atoms. The van der Waals surface area contributed by atoms with E-state index in [1.54, 1.807) is 6.92 Å². The van der Waals surface area contributed by atoms with Crippen LogP contribution in [0.2, 0.25) is 5.15 Å². The third-order valence-electron chi connectivity index (χ3n) is 2.07. The fraction of sp³-hybridized carbons (Fsp3) is 0.400. The van der Waals surface area contributed by atoms with Gasteiger partial charge in [0, 0.05) is 12.2 Å². The Hall–Kier alpha value is -1.18. The van der Waals surface area contributed by atoms with E-state index in [0.717, 1.165) is 6.20 Å². The van der Waals surface area contributed by atoms with Crippen molar-refractivity contribution >= 4 is 27.6 Å². The molecular weight excluding hydrogens is 280 g/mol. The van der Waals surface area contributed by atoms with Crippen molar-refractivity contribution in [2.45, 2.75) is 24.3 Å². The normalized spacial score (nSPS) is 13.1. The summed E-state index contributed by atoms with van der Waals surface area (Å²) in [5, 5.41) is 0.205. The van der Waals surface area contributed by atoms with Crippen LogP contribution in [0.15, 0.2) is 23.2 Å². The molecule has 1 heterocycles. The molecule has 18 heavy (non-hydrogen) atoms. The first-order valence-corrected chi connectivity index (χ1v) is 6.92. The number of ether oxygens (including phenoxy) is 1. The number of pyridine rings is 1. The molecule has 0 aliphatic heterocycles. The lowest BCUT2D eigenvalue weighted by molar-refractivity contribution is -0.140. The van der Waals surface area contributed by atoms with Crippen molar-refractivity contribution in [3.63, 3.8) is 0 Å². The predicted molar refractivity (Wildman–Crippen MR) is 65.7 cm³/mol. The number of rotatable bonds is 5. The van der Waals surface area contributed by atoms with Crippen LogP contribution in [-0.4, -0.2) is 32.5 Å². The van der Waals surface area contributed by atoms with Crippen molar-refractivity contribution in [3.8, 4) is 0 Å². The van der Waals surface area contributed by atoms with Crippen molar-refractivity contribution in [1.82, 2.24) is 9.71 Å². The molecule has 1 N–H and O–H groups in total. The molecule has 0 bridgehead atoms. The summed E-state index contributed by atoms with van der Waals surface area (Å²) in [6, 6.07) is 2.14. The van der Waals surface area contributed by atoms with Gasteiger partial charge in [0.05, 0.1) is 13.5 Å². The lowest BCUT2D eigenvalue weighted by Crippen LogP contribution is -2.34. The van der Waals surface area contributed by atoms with Crippen LogP contribution in [0.1, 0.15) is 13.3 Å². The number of carbonyl (C=O) groups excluding carboxylic acids is 1. The number of sulfonamides is 1. The maximum Gasteiger partial charge on any atom is 0.307 e. The fourth-order valence-electron chi connectivity index (χ4n) is 1.23. The summed E-state index contributed by atoms with van der Waals surface area (Å²) in [5.41, 5.74) is 0. The van der Waals surface area contributed by atoms with Crippen molar-refractivity contribution in [2.24, 2.45) is 0 Å². The quantitative estimate of drug-likeness (QED) is 0.645. The van der Waals surface area contributed by atoms with E-state index in [9.17, 15) is 13.2 Å². The van der Waals surface area contributed by atoms with Crippen LogP contribution in [0.4, 0.5) is 0 Å². The lowest BCUT2D eigenvalue weighted by Gasteiger charge is -2.12. The molecule has 0 aliphatic carbocycles. The molecule has 100 valence electrons. The first-order valence-electron chi connectivity index (χ1n) is 5.06. The maximum atomic E-state index is 11.9. The number of aromatic nitrogens is 1. The highest BCUT2D eigenvalue weighted by atomic mass is 35.5. The first-order chi connectivity index (χ1) is 8.35. The number of carbonyl (C=O) groups is 1. The molecule has 1 rings (SSSR count). The van der Waals surface area contributed by atoms with E-state index in [1.165, 1.54) is 19.2 Å². The topological polar surface area (TPSA) is 85.4 Å². The molecule has 1 atom stereocenters.